The highest BCUT2D eigenvalue weighted by atomic mass is 79.9. The summed E-state index contributed by atoms with van der Waals surface area (Å²) in [5, 5.41) is 8.71. The van der Waals surface area contributed by atoms with Gasteiger partial charge in [0.2, 0.25) is 0 Å². The molecular weight excluding hydrogens is 262 g/mol. The lowest BCUT2D eigenvalue weighted by atomic mass is 10.1. The van der Waals surface area contributed by atoms with Crippen molar-refractivity contribution < 1.29 is 5.11 Å². The highest BCUT2D eigenvalue weighted by Gasteiger charge is 2.04. The lowest BCUT2D eigenvalue weighted by molar-refractivity contribution is 0.322. The van der Waals surface area contributed by atoms with Gasteiger partial charge < -0.3 is 10.8 Å². The molecule has 78 valence electrons. The maximum atomic E-state index is 8.71. The first-order valence-electron chi connectivity index (χ1n) is 4.44. The molecular formula is C10H14BrNOS. The van der Waals surface area contributed by atoms with Crippen molar-refractivity contribution in [2.45, 2.75) is 17.9 Å². The van der Waals surface area contributed by atoms with Crippen LogP contribution in [0.25, 0.3) is 0 Å². The molecule has 1 rings (SSSR count). The first-order valence-corrected chi connectivity index (χ1v) is 6.21. The number of aliphatic hydroxyl groups excluding tert-OH is 1. The van der Waals surface area contributed by atoms with Gasteiger partial charge in [0.15, 0.2) is 0 Å². The molecule has 0 radical (unpaired) electrons. The summed E-state index contributed by atoms with van der Waals surface area (Å²) >= 11 is 5.12. The van der Waals surface area contributed by atoms with E-state index in [0.717, 1.165) is 20.7 Å². The maximum absolute atomic E-state index is 8.71. The van der Waals surface area contributed by atoms with Crippen LogP contribution in [-0.2, 0) is 0 Å². The van der Waals surface area contributed by atoms with Crippen molar-refractivity contribution in [2.75, 3.05) is 12.4 Å². The predicted molar refractivity (Wildman–Crippen MR) is 64.6 cm³/mol. The molecule has 0 aliphatic rings. The topological polar surface area (TPSA) is 46.2 Å². The SMILES string of the molecule is C[C@@H](N)c1ccc(SCCO)c(Br)c1. The van der Waals surface area contributed by atoms with Crippen LogP contribution in [0.3, 0.4) is 0 Å². The number of rotatable bonds is 4. The molecule has 0 bridgehead atoms. The Kier molecular flexibility index (Phi) is 4.95. The van der Waals surface area contributed by atoms with Crippen molar-refractivity contribution in [1.82, 2.24) is 0 Å². The van der Waals surface area contributed by atoms with Crippen LogP contribution in [0.15, 0.2) is 27.6 Å². The third-order valence-electron chi connectivity index (χ3n) is 1.83. The summed E-state index contributed by atoms with van der Waals surface area (Å²) in [6.45, 7) is 2.16. The molecule has 1 aromatic rings. The van der Waals surface area contributed by atoms with E-state index in [4.69, 9.17) is 10.8 Å². The highest BCUT2D eigenvalue weighted by Crippen LogP contribution is 2.29. The third-order valence-corrected chi connectivity index (χ3v) is 3.80. The summed E-state index contributed by atoms with van der Waals surface area (Å²) in [7, 11) is 0. The van der Waals surface area contributed by atoms with E-state index in [2.05, 4.69) is 15.9 Å². The molecule has 1 atom stereocenters. The molecule has 0 saturated heterocycles. The Morgan fingerprint density at radius 2 is 2.29 bits per heavy atom. The summed E-state index contributed by atoms with van der Waals surface area (Å²) in [5.74, 6) is 0.718. The van der Waals surface area contributed by atoms with E-state index in [0.29, 0.717) is 0 Å². The van der Waals surface area contributed by atoms with Crippen molar-refractivity contribution in [3.8, 4) is 0 Å². The van der Waals surface area contributed by atoms with Crippen LogP contribution >= 0.6 is 27.7 Å². The lowest BCUT2D eigenvalue weighted by Gasteiger charge is -2.08. The maximum Gasteiger partial charge on any atom is 0.0525 e. The van der Waals surface area contributed by atoms with E-state index in [9.17, 15) is 0 Å². The molecule has 0 fully saturated rings. The first-order chi connectivity index (χ1) is 6.65. The number of nitrogens with two attached hydrogens (primary N) is 1. The monoisotopic (exact) mass is 275 g/mol. The summed E-state index contributed by atoms with van der Waals surface area (Å²) in [6, 6.07) is 6.14. The average Bonchev–Trinajstić information content (AvgIpc) is 2.15. The normalized spacial score (nSPS) is 12.9. The molecule has 4 heteroatoms. The average molecular weight is 276 g/mol. The minimum absolute atomic E-state index is 0.0585. The van der Waals surface area contributed by atoms with Gasteiger partial charge in [-0.3, -0.25) is 0 Å². The third kappa shape index (κ3) is 3.28. The van der Waals surface area contributed by atoms with Crippen LogP contribution in [0, 0.1) is 0 Å². The van der Waals surface area contributed by atoms with E-state index in [1.54, 1.807) is 11.8 Å². The predicted octanol–water partition coefficient (Wildman–Crippen LogP) is 2.55. The van der Waals surface area contributed by atoms with Crippen LogP contribution < -0.4 is 5.73 Å². The van der Waals surface area contributed by atoms with Gasteiger partial charge in [-0.15, -0.1) is 11.8 Å². The van der Waals surface area contributed by atoms with Gasteiger partial charge in [0.1, 0.15) is 0 Å². The zero-order valence-electron chi connectivity index (χ0n) is 8.03. The molecule has 0 aliphatic heterocycles. The molecule has 3 N–H and O–H groups in total. The Balaban J connectivity index is 2.79. The summed E-state index contributed by atoms with van der Waals surface area (Å²) in [5.41, 5.74) is 6.88. The molecule has 0 heterocycles. The molecule has 0 amide bonds. The zero-order valence-corrected chi connectivity index (χ0v) is 10.4. The van der Waals surface area contributed by atoms with Gasteiger partial charge in [-0.1, -0.05) is 6.07 Å². The fraction of sp³-hybridized carbons (Fsp3) is 0.400. The van der Waals surface area contributed by atoms with Gasteiger partial charge in [-0.25, -0.2) is 0 Å². The van der Waals surface area contributed by atoms with Gasteiger partial charge in [-0.05, 0) is 40.5 Å². The second-order valence-corrected chi connectivity index (χ2v) is 5.04. The molecule has 0 aromatic heterocycles. The highest BCUT2D eigenvalue weighted by molar-refractivity contribution is 9.10. The lowest BCUT2D eigenvalue weighted by Crippen LogP contribution is -2.04. The minimum atomic E-state index is 0.0585. The Labute approximate surface area is 97.0 Å². The summed E-state index contributed by atoms with van der Waals surface area (Å²) in [6.07, 6.45) is 0. The smallest absolute Gasteiger partial charge is 0.0525 e. The van der Waals surface area contributed by atoms with Crippen LogP contribution in [0.4, 0.5) is 0 Å². The first kappa shape index (κ1) is 12.0. The quantitative estimate of drug-likeness (QED) is 0.831. The van der Waals surface area contributed by atoms with Gasteiger partial charge in [0.25, 0.3) is 0 Å². The Hall–Kier alpha value is -0.0300. The zero-order chi connectivity index (χ0) is 10.6. The van der Waals surface area contributed by atoms with Gasteiger partial charge in [-0.2, -0.15) is 0 Å². The van der Waals surface area contributed by atoms with E-state index in [-0.39, 0.29) is 12.6 Å². The van der Waals surface area contributed by atoms with Crippen molar-refractivity contribution >= 4 is 27.7 Å². The molecule has 0 saturated carbocycles. The second kappa shape index (κ2) is 5.75. The number of benzene rings is 1. The van der Waals surface area contributed by atoms with Gasteiger partial charge in [0.05, 0.1) is 6.61 Å². The van der Waals surface area contributed by atoms with Crippen molar-refractivity contribution in [2.24, 2.45) is 5.73 Å². The van der Waals surface area contributed by atoms with Gasteiger partial charge in [0, 0.05) is 21.2 Å². The Bertz CT molecular complexity index is 304. The largest absolute Gasteiger partial charge is 0.396 e. The van der Waals surface area contributed by atoms with Gasteiger partial charge >= 0.3 is 0 Å². The number of hydrogen-bond donors (Lipinski definition) is 2. The number of halogens is 1. The van der Waals surface area contributed by atoms with Crippen LogP contribution in [0.5, 0.6) is 0 Å². The molecule has 2 nitrogen and oxygen atoms in total. The van der Waals surface area contributed by atoms with Crippen LogP contribution in [-0.4, -0.2) is 17.5 Å². The molecule has 14 heavy (non-hydrogen) atoms. The minimum Gasteiger partial charge on any atom is -0.396 e. The van der Waals surface area contributed by atoms with Crippen LogP contribution in [0.1, 0.15) is 18.5 Å². The Morgan fingerprint density at radius 3 is 2.79 bits per heavy atom. The van der Waals surface area contributed by atoms with E-state index >= 15 is 0 Å². The fourth-order valence-electron chi connectivity index (χ4n) is 1.07. The van der Waals surface area contributed by atoms with E-state index in [1.165, 1.54) is 0 Å². The number of thioether (sulfide) groups is 1. The standard InChI is InChI=1S/C10H14BrNOS/c1-7(12)8-2-3-10(9(11)6-8)14-5-4-13/h2-3,6-7,13H,4-5,12H2,1H3/t7-/m1/s1. The fourth-order valence-corrected chi connectivity index (χ4v) is 2.49. The molecule has 0 aliphatic carbocycles. The number of aliphatic hydroxyl groups is 1. The molecule has 1 aromatic carbocycles. The number of hydrogen-bond acceptors (Lipinski definition) is 3. The van der Waals surface area contributed by atoms with Crippen molar-refractivity contribution in [3.63, 3.8) is 0 Å². The second-order valence-electron chi connectivity index (χ2n) is 3.05. The summed E-state index contributed by atoms with van der Waals surface area (Å²) < 4.78 is 1.05. The summed E-state index contributed by atoms with van der Waals surface area (Å²) in [4.78, 5) is 1.14. The van der Waals surface area contributed by atoms with Crippen molar-refractivity contribution in [3.05, 3.63) is 28.2 Å². The van der Waals surface area contributed by atoms with Crippen LogP contribution in [0.2, 0.25) is 0 Å². The molecule has 0 unspecified atom stereocenters. The molecule has 0 spiro atoms. The van der Waals surface area contributed by atoms with E-state index in [1.807, 2.05) is 25.1 Å². The van der Waals surface area contributed by atoms with Crippen molar-refractivity contribution in [1.29, 1.82) is 0 Å². The van der Waals surface area contributed by atoms with E-state index < -0.39 is 0 Å². The Morgan fingerprint density at radius 1 is 1.57 bits per heavy atom.